The Morgan fingerprint density at radius 1 is 1.57 bits per heavy atom. The van der Waals surface area contributed by atoms with Crippen LogP contribution in [0.3, 0.4) is 0 Å². The van der Waals surface area contributed by atoms with E-state index in [1.54, 1.807) is 6.08 Å². The Balaban J connectivity index is 2.56. The molecule has 4 heteroatoms. The van der Waals surface area contributed by atoms with Crippen molar-refractivity contribution in [1.82, 2.24) is 10.3 Å². The predicted octanol–water partition coefficient (Wildman–Crippen LogP) is 0.681. The normalized spacial score (nSPS) is 9.43. The van der Waals surface area contributed by atoms with Crippen molar-refractivity contribution in [3.63, 3.8) is 0 Å². The van der Waals surface area contributed by atoms with E-state index in [9.17, 15) is 9.59 Å². The van der Waals surface area contributed by atoms with Crippen LogP contribution >= 0.6 is 0 Å². The summed E-state index contributed by atoms with van der Waals surface area (Å²) in [5.74, 6) is -0.192. The fraction of sp³-hybridized carbons (Fsp3) is 0.200. The highest BCUT2D eigenvalue weighted by molar-refractivity contribution is 5.93. The molecular formula is C10H12N2O2. The van der Waals surface area contributed by atoms with Gasteiger partial charge in [0.2, 0.25) is 5.56 Å². The molecule has 0 fully saturated rings. The first-order chi connectivity index (χ1) is 6.74. The molecule has 1 heterocycles. The zero-order valence-corrected chi connectivity index (χ0v) is 7.75. The number of pyridine rings is 1. The SMILES string of the molecule is C=CCCNC(=O)c1ccc(=O)[nH]c1. The average Bonchev–Trinajstić information content (AvgIpc) is 2.19. The zero-order chi connectivity index (χ0) is 10.4. The van der Waals surface area contributed by atoms with Gasteiger partial charge in [0.15, 0.2) is 0 Å². The Hall–Kier alpha value is -1.84. The third-order valence-corrected chi connectivity index (χ3v) is 1.68. The van der Waals surface area contributed by atoms with Gasteiger partial charge in [0.05, 0.1) is 5.56 Å². The number of aromatic amines is 1. The van der Waals surface area contributed by atoms with Crippen LogP contribution < -0.4 is 10.9 Å². The van der Waals surface area contributed by atoms with E-state index in [-0.39, 0.29) is 11.5 Å². The number of H-pyrrole nitrogens is 1. The molecule has 0 atom stereocenters. The topological polar surface area (TPSA) is 62.0 Å². The summed E-state index contributed by atoms with van der Waals surface area (Å²) in [4.78, 5) is 24.5. The standard InChI is InChI=1S/C10H12N2O2/c1-2-3-6-11-10(14)8-4-5-9(13)12-7-8/h2,4-5,7H,1,3,6H2,(H,11,14)(H,12,13). The molecular weight excluding hydrogens is 180 g/mol. The summed E-state index contributed by atoms with van der Waals surface area (Å²) in [6.45, 7) is 4.10. The fourth-order valence-corrected chi connectivity index (χ4v) is 0.942. The Kier molecular flexibility index (Phi) is 3.67. The minimum atomic E-state index is -0.215. The van der Waals surface area contributed by atoms with Crippen molar-refractivity contribution in [2.75, 3.05) is 6.54 Å². The quantitative estimate of drug-likeness (QED) is 0.544. The van der Waals surface area contributed by atoms with Gasteiger partial charge in [-0.25, -0.2) is 0 Å². The smallest absolute Gasteiger partial charge is 0.252 e. The summed E-state index contributed by atoms with van der Waals surface area (Å²) in [5, 5.41) is 2.69. The molecule has 0 aliphatic rings. The van der Waals surface area contributed by atoms with Crippen LogP contribution in [0.15, 0.2) is 35.8 Å². The minimum Gasteiger partial charge on any atom is -0.352 e. The molecule has 1 aromatic rings. The van der Waals surface area contributed by atoms with E-state index in [0.29, 0.717) is 12.1 Å². The summed E-state index contributed by atoms with van der Waals surface area (Å²) in [6, 6.07) is 2.81. The summed E-state index contributed by atoms with van der Waals surface area (Å²) >= 11 is 0. The van der Waals surface area contributed by atoms with Crippen LogP contribution in [0.5, 0.6) is 0 Å². The number of carbonyl (C=O) groups excluding carboxylic acids is 1. The van der Waals surface area contributed by atoms with Crippen LogP contribution in [-0.2, 0) is 0 Å². The van der Waals surface area contributed by atoms with E-state index in [1.807, 2.05) is 0 Å². The molecule has 1 aromatic heterocycles. The molecule has 0 saturated heterocycles. The van der Waals surface area contributed by atoms with E-state index < -0.39 is 0 Å². The molecule has 74 valence electrons. The maximum atomic E-state index is 11.4. The third kappa shape index (κ3) is 2.90. The Morgan fingerprint density at radius 2 is 2.36 bits per heavy atom. The van der Waals surface area contributed by atoms with E-state index in [0.717, 1.165) is 6.42 Å². The molecule has 0 aromatic carbocycles. The minimum absolute atomic E-state index is 0.192. The molecule has 0 bridgehead atoms. The van der Waals surface area contributed by atoms with Gasteiger partial charge in [0.1, 0.15) is 0 Å². The highest BCUT2D eigenvalue weighted by Crippen LogP contribution is 1.92. The van der Waals surface area contributed by atoms with E-state index in [2.05, 4.69) is 16.9 Å². The fourth-order valence-electron chi connectivity index (χ4n) is 0.942. The molecule has 0 aliphatic heterocycles. The maximum Gasteiger partial charge on any atom is 0.252 e. The second kappa shape index (κ2) is 5.01. The highest BCUT2D eigenvalue weighted by Gasteiger charge is 2.02. The molecule has 14 heavy (non-hydrogen) atoms. The number of amides is 1. The summed E-state index contributed by atoms with van der Waals surface area (Å²) in [6.07, 6.45) is 3.85. The summed E-state index contributed by atoms with van der Waals surface area (Å²) in [7, 11) is 0. The third-order valence-electron chi connectivity index (χ3n) is 1.68. The van der Waals surface area contributed by atoms with Gasteiger partial charge in [-0.1, -0.05) is 6.08 Å². The number of aromatic nitrogens is 1. The average molecular weight is 192 g/mol. The second-order valence-electron chi connectivity index (χ2n) is 2.77. The maximum absolute atomic E-state index is 11.4. The number of nitrogens with one attached hydrogen (secondary N) is 2. The van der Waals surface area contributed by atoms with Gasteiger partial charge in [-0.2, -0.15) is 0 Å². The summed E-state index contributed by atoms with van der Waals surface area (Å²) < 4.78 is 0. The Labute approximate surface area is 81.7 Å². The van der Waals surface area contributed by atoms with Crippen molar-refractivity contribution in [3.8, 4) is 0 Å². The number of rotatable bonds is 4. The van der Waals surface area contributed by atoms with Crippen molar-refractivity contribution in [2.24, 2.45) is 0 Å². The van der Waals surface area contributed by atoms with Crippen LogP contribution in [0.25, 0.3) is 0 Å². The predicted molar refractivity (Wildman–Crippen MR) is 54.2 cm³/mol. The van der Waals surface area contributed by atoms with Crippen LogP contribution in [-0.4, -0.2) is 17.4 Å². The molecule has 0 aliphatic carbocycles. The lowest BCUT2D eigenvalue weighted by Crippen LogP contribution is -2.24. The molecule has 2 N–H and O–H groups in total. The lowest BCUT2D eigenvalue weighted by Gasteiger charge is -2.01. The molecule has 1 rings (SSSR count). The second-order valence-corrected chi connectivity index (χ2v) is 2.77. The lowest BCUT2D eigenvalue weighted by molar-refractivity contribution is 0.0954. The zero-order valence-electron chi connectivity index (χ0n) is 7.75. The first-order valence-electron chi connectivity index (χ1n) is 4.32. The molecule has 1 amide bonds. The summed E-state index contributed by atoms with van der Waals surface area (Å²) in [5.41, 5.74) is 0.237. The van der Waals surface area contributed by atoms with Crippen LogP contribution in [0.4, 0.5) is 0 Å². The first kappa shape index (κ1) is 10.2. The Bertz CT molecular complexity index is 361. The van der Waals surface area contributed by atoms with Crippen molar-refractivity contribution in [2.45, 2.75) is 6.42 Å². The van der Waals surface area contributed by atoms with Crippen LogP contribution in [0.2, 0.25) is 0 Å². The van der Waals surface area contributed by atoms with Crippen molar-refractivity contribution >= 4 is 5.91 Å². The highest BCUT2D eigenvalue weighted by atomic mass is 16.1. The van der Waals surface area contributed by atoms with Gasteiger partial charge < -0.3 is 10.3 Å². The monoisotopic (exact) mass is 192 g/mol. The van der Waals surface area contributed by atoms with Crippen LogP contribution in [0.1, 0.15) is 16.8 Å². The van der Waals surface area contributed by atoms with Gasteiger partial charge in [0, 0.05) is 18.8 Å². The molecule has 0 unspecified atom stereocenters. The van der Waals surface area contributed by atoms with E-state index in [1.165, 1.54) is 18.3 Å². The van der Waals surface area contributed by atoms with Gasteiger partial charge in [-0.05, 0) is 12.5 Å². The van der Waals surface area contributed by atoms with Gasteiger partial charge >= 0.3 is 0 Å². The molecule has 0 saturated carbocycles. The Morgan fingerprint density at radius 3 is 2.93 bits per heavy atom. The van der Waals surface area contributed by atoms with E-state index in [4.69, 9.17) is 0 Å². The molecule has 0 spiro atoms. The van der Waals surface area contributed by atoms with Gasteiger partial charge in [-0.3, -0.25) is 9.59 Å². The van der Waals surface area contributed by atoms with Gasteiger partial charge in [-0.15, -0.1) is 6.58 Å². The molecule has 0 radical (unpaired) electrons. The lowest BCUT2D eigenvalue weighted by atomic mass is 10.2. The van der Waals surface area contributed by atoms with Crippen LogP contribution in [0, 0.1) is 0 Å². The van der Waals surface area contributed by atoms with Crippen molar-refractivity contribution in [3.05, 3.63) is 46.9 Å². The van der Waals surface area contributed by atoms with Crippen molar-refractivity contribution in [1.29, 1.82) is 0 Å². The van der Waals surface area contributed by atoms with Crippen molar-refractivity contribution < 1.29 is 4.79 Å². The first-order valence-corrected chi connectivity index (χ1v) is 4.32. The number of hydrogen-bond donors (Lipinski definition) is 2. The number of carbonyl (C=O) groups is 1. The molecule has 4 nitrogen and oxygen atoms in total. The van der Waals surface area contributed by atoms with Gasteiger partial charge in [0.25, 0.3) is 5.91 Å². The largest absolute Gasteiger partial charge is 0.352 e. The van der Waals surface area contributed by atoms with E-state index >= 15 is 0 Å². The number of hydrogen-bond acceptors (Lipinski definition) is 2.